The molecule has 0 aliphatic rings. The van der Waals surface area contributed by atoms with Gasteiger partial charge in [0.1, 0.15) is 5.69 Å². The van der Waals surface area contributed by atoms with Crippen molar-refractivity contribution >= 4 is 5.82 Å². The number of benzene rings is 1. The molecule has 0 saturated heterocycles. The van der Waals surface area contributed by atoms with E-state index < -0.39 is 0 Å². The molecule has 0 aliphatic heterocycles. The van der Waals surface area contributed by atoms with Gasteiger partial charge in [-0.05, 0) is 32.0 Å². The van der Waals surface area contributed by atoms with Crippen molar-refractivity contribution in [1.29, 1.82) is 0 Å². The summed E-state index contributed by atoms with van der Waals surface area (Å²) in [7, 11) is 5.07. The van der Waals surface area contributed by atoms with Crippen LogP contribution >= 0.6 is 0 Å². The van der Waals surface area contributed by atoms with Crippen LogP contribution in [0, 0.1) is 13.8 Å². The maximum Gasteiger partial charge on any atom is 0.161 e. The molecule has 1 N–H and O–H groups in total. The number of hydrogen-bond acceptors (Lipinski definition) is 5. The van der Waals surface area contributed by atoms with Crippen LogP contribution < -0.4 is 14.8 Å². The van der Waals surface area contributed by atoms with E-state index in [2.05, 4.69) is 15.3 Å². The minimum Gasteiger partial charge on any atom is -0.493 e. The Balaban J connectivity index is 2.59. The highest BCUT2D eigenvalue weighted by Crippen LogP contribution is 2.33. The second-order valence-electron chi connectivity index (χ2n) is 4.41. The fraction of sp³-hybridized carbons (Fsp3) is 0.333. The monoisotopic (exact) mass is 273 g/mol. The van der Waals surface area contributed by atoms with Crippen molar-refractivity contribution in [3.05, 3.63) is 29.6 Å². The van der Waals surface area contributed by atoms with E-state index in [1.807, 2.05) is 39.1 Å². The molecule has 0 spiro atoms. The second kappa shape index (κ2) is 5.77. The minimum atomic E-state index is 0.673. The molecule has 5 heteroatoms. The highest BCUT2D eigenvalue weighted by molar-refractivity contribution is 5.73. The van der Waals surface area contributed by atoms with Gasteiger partial charge in [-0.2, -0.15) is 0 Å². The Kier molecular flexibility index (Phi) is 4.08. The van der Waals surface area contributed by atoms with Gasteiger partial charge in [-0.15, -0.1) is 0 Å². The Morgan fingerprint density at radius 1 is 0.950 bits per heavy atom. The summed E-state index contributed by atoms with van der Waals surface area (Å²) in [5, 5.41) is 3.08. The molecule has 0 aliphatic carbocycles. The summed E-state index contributed by atoms with van der Waals surface area (Å²) in [5.74, 6) is 2.12. The molecule has 1 aromatic carbocycles. The van der Waals surface area contributed by atoms with E-state index in [-0.39, 0.29) is 0 Å². The molecule has 106 valence electrons. The lowest BCUT2D eigenvalue weighted by atomic mass is 10.1. The molecular formula is C15H19N3O2. The average molecular weight is 273 g/mol. The molecule has 0 fully saturated rings. The van der Waals surface area contributed by atoms with Crippen LogP contribution in [-0.2, 0) is 0 Å². The van der Waals surface area contributed by atoms with E-state index in [4.69, 9.17) is 9.47 Å². The van der Waals surface area contributed by atoms with Crippen LogP contribution in [0.2, 0.25) is 0 Å². The van der Waals surface area contributed by atoms with E-state index in [9.17, 15) is 0 Å². The maximum absolute atomic E-state index is 5.33. The molecule has 0 bridgehead atoms. The van der Waals surface area contributed by atoms with E-state index in [1.54, 1.807) is 14.2 Å². The highest BCUT2D eigenvalue weighted by Gasteiger charge is 2.13. The lowest BCUT2D eigenvalue weighted by molar-refractivity contribution is 0.355. The van der Waals surface area contributed by atoms with Gasteiger partial charge in [-0.1, -0.05) is 0 Å². The van der Waals surface area contributed by atoms with Crippen LogP contribution in [-0.4, -0.2) is 31.2 Å². The van der Waals surface area contributed by atoms with Crippen molar-refractivity contribution in [3.63, 3.8) is 0 Å². The van der Waals surface area contributed by atoms with Crippen molar-refractivity contribution in [1.82, 2.24) is 9.97 Å². The lowest BCUT2D eigenvalue weighted by Gasteiger charge is -2.13. The Morgan fingerprint density at radius 2 is 1.60 bits per heavy atom. The third kappa shape index (κ3) is 2.52. The first kappa shape index (κ1) is 14.1. The predicted octanol–water partition coefficient (Wildman–Crippen LogP) is 2.82. The zero-order valence-electron chi connectivity index (χ0n) is 12.4. The number of methoxy groups -OCH3 is 2. The summed E-state index contributed by atoms with van der Waals surface area (Å²) >= 11 is 0. The average Bonchev–Trinajstić information content (AvgIpc) is 2.48. The Hall–Kier alpha value is -2.30. The predicted molar refractivity (Wildman–Crippen MR) is 79.6 cm³/mol. The molecule has 2 rings (SSSR count). The summed E-state index contributed by atoms with van der Waals surface area (Å²) in [6, 6.07) is 5.71. The first-order valence-corrected chi connectivity index (χ1v) is 6.36. The molecule has 0 radical (unpaired) electrons. The first-order chi connectivity index (χ1) is 9.60. The molecule has 5 nitrogen and oxygen atoms in total. The topological polar surface area (TPSA) is 56.3 Å². The van der Waals surface area contributed by atoms with E-state index in [0.29, 0.717) is 11.5 Å². The first-order valence-electron chi connectivity index (χ1n) is 6.36. The number of aromatic nitrogens is 2. The van der Waals surface area contributed by atoms with Crippen molar-refractivity contribution < 1.29 is 9.47 Å². The summed E-state index contributed by atoms with van der Waals surface area (Å²) in [6.45, 7) is 3.90. The van der Waals surface area contributed by atoms with Gasteiger partial charge in [0, 0.05) is 12.6 Å². The largest absolute Gasteiger partial charge is 0.493 e. The Morgan fingerprint density at radius 3 is 2.20 bits per heavy atom. The lowest BCUT2D eigenvalue weighted by Crippen LogP contribution is -2.03. The summed E-state index contributed by atoms with van der Waals surface area (Å²) < 4.78 is 10.6. The minimum absolute atomic E-state index is 0.673. The smallest absolute Gasteiger partial charge is 0.161 e. The zero-order chi connectivity index (χ0) is 14.7. The van der Waals surface area contributed by atoms with Crippen LogP contribution in [0.4, 0.5) is 5.82 Å². The van der Waals surface area contributed by atoms with Gasteiger partial charge in [-0.3, -0.25) is 0 Å². The number of ether oxygens (including phenoxy) is 2. The fourth-order valence-corrected chi connectivity index (χ4v) is 1.96. The van der Waals surface area contributed by atoms with Gasteiger partial charge in [0.15, 0.2) is 17.3 Å². The molecular weight excluding hydrogens is 254 g/mol. The molecule has 1 aromatic heterocycles. The third-order valence-electron chi connectivity index (χ3n) is 3.20. The number of anilines is 1. The van der Waals surface area contributed by atoms with Crippen molar-refractivity contribution in [2.24, 2.45) is 0 Å². The second-order valence-corrected chi connectivity index (χ2v) is 4.41. The van der Waals surface area contributed by atoms with E-state index in [0.717, 1.165) is 28.5 Å². The molecule has 0 unspecified atom stereocenters. The maximum atomic E-state index is 5.33. The molecule has 0 saturated carbocycles. The normalized spacial score (nSPS) is 10.2. The van der Waals surface area contributed by atoms with Crippen LogP contribution in [0.15, 0.2) is 18.2 Å². The summed E-state index contributed by atoms with van der Waals surface area (Å²) in [4.78, 5) is 9.14. The van der Waals surface area contributed by atoms with Crippen LogP contribution in [0.5, 0.6) is 11.5 Å². The van der Waals surface area contributed by atoms with E-state index >= 15 is 0 Å². The van der Waals surface area contributed by atoms with Crippen LogP contribution in [0.3, 0.4) is 0 Å². The molecule has 20 heavy (non-hydrogen) atoms. The van der Waals surface area contributed by atoms with E-state index in [1.165, 1.54) is 0 Å². The van der Waals surface area contributed by atoms with Crippen LogP contribution in [0.25, 0.3) is 11.3 Å². The summed E-state index contributed by atoms with van der Waals surface area (Å²) in [5.41, 5.74) is 3.56. The van der Waals surface area contributed by atoms with Crippen molar-refractivity contribution in [3.8, 4) is 22.8 Å². The number of nitrogens with zero attached hydrogens (tertiary/aromatic N) is 2. The zero-order valence-corrected chi connectivity index (χ0v) is 12.4. The van der Waals surface area contributed by atoms with Crippen molar-refractivity contribution in [2.75, 3.05) is 26.6 Å². The molecule has 0 atom stereocenters. The van der Waals surface area contributed by atoms with Crippen LogP contribution in [0.1, 0.15) is 11.4 Å². The Labute approximate surface area is 119 Å². The number of aryl methyl sites for hydroxylation is 2. The van der Waals surface area contributed by atoms with Gasteiger partial charge in [0.25, 0.3) is 0 Å². The molecule has 1 heterocycles. The van der Waals surface area contributed by atoms with Gasteiger partial charge in [0.05, 0.1) is 25.6 Å². The number of hydrogen-bond donors (Lipinski definition) is 1. The fourth-order valence-electron chi connectivity index (χ4n) is 1.96. The van der Waals surface area contributed by atoms with Crippen molar-refractivity contribution in [2.45, 2.75) is 13.8 Å². The molecule has 0 amide bonds. The van der Waals surface area contributed by atoms with Gasteiger partial charge in [-0.25, -0.2) is 9.97 Å². The quantitative estimate of drug-likeness (QED) is 0.928. The SMILES string of the molecule is CNc1nc(C)c(C)nc1-c1ccc(OC)c(OC)c1. The molecule has 2 aromatic rings. The third-order valence-corrected chi connectivity index (χ3v) is 3.20. The van der Waals surface area contributed by atoms with Gasteiger partial charge in [0.2, 0.25) is 0 Å². The number of nitrogens with one attached hydrogen (secondary N) is 1. The number of rotatable bonds is 4. The van der Waals surface area contributed by atoms with Gasteiger partial charge < -0.3 is 14.8 Å². The van der Waals surface area contributed by atoms with Gasteiger partial charge >= 0.3 is 0 Å². The highest BCUT2D eigenvalue weighted by atomic mass is 16.5. The Bertz CT molecular complexity index is 627. The standard InChI is InChI=1S/C15H19N3O2/c1-9-10(2)18-15(16-3)14(17-9)11-6-7-12(19-4)13(8-11)20-5/h6-8H,1-5H3,(H,16,18). The summed E-state index contributed by atoms with van der Waals surface area (Å²) in [6.07, 6.45) is 0.